The third kappa shape index (κ3) is 3.17. The van der Waals surface area contributed by atoms with Crippen molar-refractivity contribution in [3.8, 4) is 0 Å². The highest BCUT2D eigenvalue weighted by molar-refractivity contribution is 7.89. The van der Waals surface area contributed by atoms with Crippen LogP contribution < -0.4 is 4.90 Å². The Labute approximate surface area is 155 Å². The van der Waals surface area contributed by atoms with Crippen molar-refractivity contribution >= 4 is 27.0 Å². The Morgan fingerprint density at radius 1 is 1.04 bits per heavy atom. The second-order valence-electron chi connectivity index (χ2n) is 6.52. The van der Waals surface area contributed by atoms with E-state index in [1.165, 1.54) is 0 Å². The summed E-state index contributed by atoms with van der Waals surface area (Å²) in [5.74, 6) is -1.50. The van der Waals surface area contributed by atoms with Crippen molar-refractivity contribution in [3.63, 3.8) is 0 Å². The quantitative estimate of drug-likeness (QED) is 0.744. The van der Waals surface area contributed by atoms with Gasteiger partial charge in [-0.25, -0.2) is 22.2 Å². The number of hydrogen-bond donors (Lipinski definition) is 1. The fourth-order valence-corrected chi connectivity index (χ4v) is 4.79. The largest absolute Gasteiger partial charge is 0.340 e. The first-order valence-corrected chi connectivity index (χ1v) is 9.96. The van der Waals surface area contributed by atoms with Gasteiger partial charge in [0.05, 0.1) is 11.0 Å². The molecule has 0 unspecified atom stereocenters. The topological polar surface area (TPSA) is 69.3 Å². The number of rotatable bonds is 3. The van der Waals surface area contributed by atoms with Gasteiger partial charge in [0.1, 0.15) is 11.6 Å². The van der Waals surface area contributed by atoms with Gasteiger partial charge in [-0.1, -0.05) is 12.1 Å². The van der Waals surface area contributed by atoms with E-state index in [0.717, 1.165) is 39.1 Å². The third-order valence-electron chi connectivity index (χ3n) is 4.68. The van der Waals surface area contributed by atoms with Crippen LogP contribution in [0.5, 0.6) is 0 Å². The van der Waals surface area contributed by atoms with E-state index in [0.29, 0.717) is 19.0 Å². The number of nitrogens with one attached hydrogen (secondary N) is 1. The van der Waals surface area contributed by atoms with Crippen molar-refractivity contribution in [2.45, 2.75) is 11.8 Å². The molecule has 0 radical (unpaired) electrons. The predicted octanol–water partition coefficient (Wildman–Crippen LogP) is 2.66. The molecular formula is C18H18F2N4O2S. The smallest absolute Gasteiger partial charge is 0.249 e. The number of anilines is 1. The second kappa shape index (κ2) is 6.58. The SMILES string of the molecule is Cc1ccc2nc(N3CCN(S(=O)(=O)c4c(F)cccc4F)CC3)[nH]c2c1. The lowest BCUT2D eigenvalue weighted by Gasteiger charge is -2.33. The Kier molecular flexibility index (Phi) is 4.35. The minimum Gasteiger partial charge on any atom is -0.340 e. The van der Waals surface area contributed by atoms with Gasteiger partial charge < -0.3 is 9.88 Å². The Balaban J connectivity index is 1.54. The maximum Gasteiger partial charge on any atom is 0.249 e. The molecule has 0 bridgehead atoms. The molecule has 3 aromatic rings. The summed E-state index contributed by atoms with van der Waals surface area (Å²) in [6.45, 7) is 2.96. The van der Waals surface area contributed by atoms with Crippen LogP contribution >= 0.6 is 0 Å². The van der Waals surface area contributed by atoms with Gasteiger partial charge in [0.15, 0.2) is 4.90 Å². The lowest BCUT2D eigenvalue weighted by Crippen LogP contribution is -2.49. The number of halogens is 2. The van der Waals surface area contributed by atoms with E-state index >= 15 is 0 Å². The van der Waals surface area contributed by atoms with Crippen molar-refractivity contribution in [2.24, 2.45) is 0 Å². The van der Waals surface area contributed by atoms with Gasteiger partial charge in [-0.3, -0.25) is 0 Å². The molecule has 0 saturated carbocycles. The fraction of sp³-hybridized carbons (Fsp3) is 0.278. The number of nitrogens with zero attached hydrogens (tertiary/aromatic N) is 3. The van der Waals surface area contributed by atoms with Gasteiger partial charge in [-0.05, 0) is 36.8 Å². The summed E-state index contributed by atoms with van der Waals surface area (Å²) in [6, 6.07) is 8.93. The molecule has 4 rings (SSSR count). The molecule has 1 fully saturated rings. The Morgan fingerprint density at radius 2 is 1.70 bits per heavy atom. The van der Waals surface area contributed by atoms with Gasteiger partial charge in [0.2, 0.25) is 16.0 Å². The van der Waals surface area contributed by atoms with Crippen molar-refractivity contribution < 1.29 is 17.2 Å². The van der Waals surface area contributed by atoms with Gasteiger partial charge in [0.25, 0.3) is 0 Å². The van der Waals surface area contributed by atoms with Crippen LogP contribution in [-0.2, 0) is 10.0 Å². The highest BCUT2D eigenvalue weighted by Crippen LogP contribution is 2.25. The highest BCUT2D eigenvalue weighted by atomic mass is 32.2. The predicted molar refractivity (Wildman–Crippen MR) is 98.2 cm³/mol. The Morgan fingerprint density at radius 3 is 2.37 bits per heavy atom. The van der Waals surface area contributed by atoms with Crippen molar-refractivity contribution in [1.82, 2.24) is 14.3 Å². The van der Waals surface area contributed by atoms with Crippen LogP contribution in [0.2, 0.25) is 0 Å². The standard InChI is InChI=1S/C18H18F2N4O2S/c1-12-5-6-15-16(11-12)22-18(21-15)23-7-9-24(10-8-23)27(25,26)17-13(19)3-2-4-14(17)20/h2-6,11H,7-10H2,1H3,(H,21,22). The number of hydrogen-bond acceptors (Lipinski definition) is 4. The number of piperazine rings is 1. The maximum absolute atomic E-state index is 13.9. The van der Waals surface area contributed by atoms with E-state index < -0.39 is 26.6 Å². The van der Waals surface area contributed by atoms with E-state index in [4.69, 9.17) is 0 Å². The van der Waals surface area contributed by atoms with Crippen LogP contribution in [0.15, 0.2) is 41.3 Å². The first-order chi connectivity index (χ1) is 12.9. The molecule has 1 aliphatic rings. The lowest BCUT2D eigenvalue weighted by atomic mass is 10.2. The van der Waals surface area contributed by atoms with Crippen LogP contribution in [0.1, 0.15) is 5.56 Å². The molecule has 2 heterocycles. The summed E-state index contributed by atoms with van der Waals surface area (Å²) in [5.41, 5.74) is 2.85. The van der Waals surface area contributed by atoms with E-state index in [2.05, 4.69) is 9.97 Å². The summed E-state index contributed by atoms with van der Waals surface area (Å²) >= 11 is 0. The number of fused-ring (bicyclic) bond motifs is 1. The van der Waals surface area contributed by atoms with Crippen LogP contribution in [0.25, 0.3) is 11.0 Å². The highest BCUT2D eigenvalue weighted by Gasteiger charge is 2.33. The summed E-state index contributed by atoms with van der Waals surface area (Å²) < 4.78 is 54.3. The van der Waals surface area contributed by atoms with Crippen LogP contribution in [0, 0.1) is 18.6 Å². The molecule has 0 atom stereocenters. The average Bonchev–Trinajstić information content (AvgIpc) is 3.04. The normalized spacial score (nSPS) is 16.2. The molecule has 1 saturated heterocycles. The van der Waals surface area contributed by atoms with Gasteiger partial charge >= 0.3 is 0 Å². The van der Waals surface area contributed by atoms with Crippen LogP contribution in [-0.4, -0.2) is 48.9 Å². The van der Waals surface area contributed by atoms with Crippen LogP contribution in [0.3, 0.4) is 0 Å². The number of aromatic amines is 1. The first-order valence-electron chi connectivity index (χ1n) is 8.52. The molecule has 2 aromatic carbocycles. The van der Waals surface area contributed by atoms with Gasteiger partial charge in [-0.2, -0.15) is 4.31 Å². The van der Waals surface area contributed by atoms with E-state index in [1.807, 2.05) is 30.0 Å². The number of aryl methyl sites for hydroxylation is 1. The van der Waals surface area contributed by atoms with E-state index in [1.54, 1.807) is 0 Å². The monoisotopic (exact) mass is 392 g/mol. The molecule has 6 nitrogen and oxygen atoms in total. The molecule has 1 N–H and O–H groups in total. The Hall–Kier alpha value is -2.52. The molecule has 9 heteroatoms. The fourth-order valence-electron chi connectivity index (χ4n) is 3.26. The minimum absolute atomic E-state index is 0.117. The third-order valence-corrected chi connectivity index (χ3v) is 6.63. The van der Waals surface area contributed by atoms with E-state index in [9.17, 15) is 17.2 Å². The Bertz CT molecular complexity index is 1090. The summed E-state index contributed by atoms with van der Waals surface area (Å²) in [4.78, 5) is 8.81. The van der Waals surface area contributed by atoms with Crippen LogP contribution in [0.4, 0.5) is 14.7 Å². The van der Waals surface area contributed by atoms with Crippen molar-refractivity contribution in [1.29, 1.82) is 0 Å². The number of sulfonamides is 1. The molecule has 1 aromatic heterocycles. The molecular weight excluding hydrogens is 374 g/mol. The first kappa shape index (κ1) is 17.9. The zero-order valence-electron chi connectivity index (χ0n) is 14.6. The summed E-state index contributed by atoms with van der Waals surface area (Å²) in [5, 5.41) is 0. The number of benzene rings is 2. The molecule has 0 amide bonds. The molecule has 1 aliphatic heterocycles. The zero-order valence-corrected chi connectivity index (χ0v) is 15.4. The van der Waals surface area contributed by atoms with Crippen molar-refractivity contribution in [2.75, 3.05) is 31.1 Å². The average molecular weight is 392 g/mol. The molecule has 0 aliphatic carbocycles. The molecule has 27 heavy (non-hydrogen) atoms. The molecule has 142 valence electrons. The summed E-state index contributed by atoms with van der Waals surface area (Å²) in [6.07, 6.45) is 0. The second-order valence-corrected chi connectivity index (χ2v) is 8.40. The maximum atomic E-state index is 13.9. The van der Waals surface area contributed by atoms with Crippen molar-refractivity contribution in [3.05, 3.63) is 53.6 Å². The number of imidazole rings is 1. The van der Waals surface area contributed by atoms with Gasteiger partial charge in [-0.15, -0.1) is 0 Å². The minimum atomic E-state index is -4.23. The summed E-state index contributed by atoms with van der Waals surface area (Å²) in [7, 11) is -4.23. The van der Waals surface area contributed by atoms with Gasteiger partial charge in [0, 0.05) is 26.2 Å². The molecule has 0 spiro atoms. The lowest BCUT2D eigenvalue weighted by molar-refractivity contribution is 0.377. The number of aromatic nitrogens is 2. The van der Waals surface area contributed by atoms with E-state index in [-0.39, 0.29) is 13.1 Å². The zero-order chi connectivity index (χ0) is 19.2. The number of H-pyrrole nitrogens is 1.